The molecule has 3 nitrogen and oxygen atoms in total. The molecule has 2 aromatic carbocycles. The molecule has 2 aromatic rings. The number of amides is 1. The summed E-state index contributed by atoms with van der Waals surface area (Å²) in [4.78, 5) is 17.9. The Morgan fingerprint density at radius 3 is 2.04 bits per heavy atom. The van der Waals surface area contributed by atoms with Crippen molar-refractivity contribution in [3.8, 4) is 0 Å². The normalized spacial score (nSPS) is 16.7. The Hall–Kier alpha value is -2.46. The molecule has 0 fully saturated rings. The molecule has 3 rings (SSSR count). The zero-order valence-corrected chi connectivity index (χ0v) is 16.5. The van der Waals surface area contributed by atoms with Gasteiger partial charge < -0.3 is 4.90 Å². The standard InChI is InChI=1S/C22H24N2OS/c1-16(2)23-15-19(17-11-7-5-8-12-17)21(26)24(22(23,3)4)20(25)18-13-9-6-10-14-18/h5-16H,1-4H3. The average Bonchev–Trinajstić information content (AvgIpc) is 2.62. The zero-order valence-electron chi connectivity index (χ0n) is 15.6. The SMILES string of the molecule is CC(C)N1C=C(c2ccccc2)C(=S)N(C(=O)c2ccccc2)C1(C)C. The number of nitrogens with zero attached hydrogens (tertiary/aromatic N) is 2. The minimum absolute atomic E-state index is 0.0761. The van der Waals surface area contributed by atoms with Gasteiger partial charge in [0.1, 0.15) is 10.7 Å². The van der Waals surface area contributed by atoms with Crippen molar-refractivity contribution in [2.45, 2.75) is 39.4 Å². The molecule has 0 saturated heterocycles. The fourth-order valence-corrected chi connectivity index (χ4v) is 3.96. The molecule has 1 aliphatic heterocycles. The fraction of sp³-hybridized carbons (Fsp3) is 0.273. The molecule has 1 heterocycles. The molecule has 26 heavy (non-hydrogen) atoms. The number of hydrogen-bond acceptors (Lipinski definition) is 3. The van der Waals surface area contributed by atoms with E-state index >= 15 is 0 Å². The highest BCUT2D eigenvalue weighted by Crippen LogP contribution is 2.35. The van der Waals surface area contributed by atoms with Crippen LogP contribution in [0.4, 0.5) is 0 Å². The quantitative estimate of drug-likeness (QED) is 0.720. The molecule has 0 bridgehead atoms. The summed E-state index contributed by atoms with van der Waals surface area (Å²) >= 11 is 5.81. The van der Waals surface area contributed by atoms with Crippen molar-refractivity contribution in [3.63, 3.8) is 0 Å². The molecule has 134 valence electrons. The van der Waals surface area contributed by atoms with Gasteiger partial charge in [0.25, 0.3) is 5.91 Å². The molecule has 0 N–H and O–H groups in total. The first-order valence-corrected chi connectivity index (χ1v) is 9.24. The molecule has 0 aliphatic carbocycles. The van der Waals surface area contributed by atoms with Gasteiger partial charge in [-0.25, -0.2) is 0 Å². The smallest absolute Gasteiger partial charge is 0.260 e. The molecule has 0 aromatic heterocycles. The average molecular weight is 365 g/mol. The van der Waals surface area contributed by atoms with Crippen LogP contribution in [0.5, 0.6) is 0 Å². The van der Waals surface area contributed by atoms with Crippen LogP contribution in [0, 0.1) is 0 Å². The van der Waals surface area contributed by atoms with Crippen LogP contribution in [0.3, 0.4) is 0 Å². The second-order valence-corrected chi connectivity index (χ2v) is 7.60. The fourth-order valence-electron chi connectivity index (χ4n) is 3.48. The lowest BCUT2D eigenvalue weighted by atomic mass is 9.97. The van der Waals surface area contributed by atoms with Gasteiger partial charge >= 0.3 is 0 Å². The molecule has 0 saturated carbocycles. The third-order valence-corrected chi connectivity index (χ3v) is 5.15. The van der Waals surface area contributed by atoms with E-state index in [9.17, 15) is 4.79 Å². The first-order valence-electron chi connectivity index (χ1n) is 8.83. The molecule has 1 amide bonds. The summed E-state index contributed by atoms with van der Waals surface area (Å²) < 4.78 is 0. The number of benzene rings is 2. The maximum atomic E-state index is 13.4. The molecule has 0 atom stereocenters. The lowest BCUT2D eigenvalue weighted by molar-refractivity contribution is 0.0231. The third-order valence-electron chi connectivity index (χ3n) is 4.75. The van der Waals surface area contributed by atoms with Crippen molar-refractivity contribution in [1.29, 1.82) is 0 Å². The van der Waals surface area contributed by atoms with Crippen molar-refractivity contribution < 1.29 is 4.79 Å². The lowest BCUT2D eigenvalue weighted by Gasteiger charge is -2.51. The van der Waals surface area contributed by atoms with Gasteiger partial charge in [0.2, 0.25) is 0 Å². The summed E-state index contributed by atoms with van der Waals surface area (Å²) in [6.07, 6.45) is 2.09. The van der Waals surface area contributed by atoms with Gasteiger partial charge in [0.05, 0.1) is 0 Å². The van der Waals surface area contributed by atoms with Gasteiger partial charge in [-0.05, 0) is 45.4 Å². The second-order valence-electron chi connectivity index (χ2n) is 7.22. The summed E-state index contributed by atoms with van der Waals surface area (Å²) in [5.41, 5.74) is 2.00. The minimum atomic E-state index is -0.559. The van der Waals surface area contributed by atoms with Crippen molar-refractivity contribution in [1.82, 2.24) is 9.80 Å². The Labute approximate surface area is 160 Å². The summed E-state index contributed by atoms with van der Waals surface area (Å²) in [6, 6.07) is 19.6. The van der Waals surface area contributed by atoms with E-state index in [1.165, 1.54) is 0 Å². The van der Waals surface area contributed by atoms with Gasteiger partial charge in [-0.15, -0.1) is 0 Å². The van der Waals surface area contributed by atoms with E-state index in [-0.39, 0.29) is 11.9 Å². The van der Waals surface area contributed by atoms with Crippen LogP contribution in [0.2, 0.25) is 0 Å². The predicted molar refractivity (Wildman–Crippen MR) is 111 cm³/mol. The van der Waals surface area contributed by atoms with Crippen LogP contribution in [0.1, 0.15) is 43.6 Å². The van der Waals surface area contributed by atoms with E-state index < -0.39 is 5.66 Å². The maximum Gasteiger partial charge on any atom is 0.260 e. The zero-order chi connectivity index (χ0) is 18.9. The van der Waals surface area contributed by atoms with E-state index in [0.29, 0.717) is 10.6 Å². The highest BCUT2D eigenvalue weighted by molar-refractivity contribution is 7.81. The molecular formula is C22H24N2OS. The Kier molecular flexibility index (Phi) is 4.97. The Morgan fingerprint density at radius 2 is 1.50 bits per heavy atom. The number of carbonyl (C=O) groups is 1. The lowest BCUT2D eigenvalue weighted by Crippen LogP contribution is -2.63. The molecular weight excluding hydrogens is 340 g/mol. The maximum absolute atomic E-state index is 13.4. The Balaban J connectivity index is 2.13. The first kappa shape index (κ1) is 18.3. The first-order chi connectivity index (χ1) is 12.3. The Morgan fingerprint density at radius 1 is 0.962 bits per heavy atom. The largest absolute Gasteiger partial charge is 0.352 e. The number of thiocarbonyl (C=S) groups is 1. The van der Waals surface area contributed by atoms with Gasteiger partial charge in [-0.3, -0.25) is 9.69 Å². The second kappa shape index (κ2) is 7.04. The summed E-state index contributed by atoms with van der Waals surface area (Å²) in [6.45, 7) is 8.33. The molecule has 0 spiro atoms. The summed E-state index contributed by atoms with van der Waals surface area (Å²) in [5, 5.41) is 0. The highest BCUT2D eigenvalue weighted by Gasteiger charge is 2.43. The van der Waals surface area contributed by atoms with Gasteiger partial charge in [-0.2, -0.15) is 0 Å². The Bertz CT molecular complexity index is 841. The predicted octanol–water partition coefficient (Wildman–Crippen LogP) is 4.96. The molecule has 0 unspecified atom stereocenters. The number of hydrogen-bond donors (Lipinski definition) is 0. The van der Waals surface area contributed by atoms with Crippen LogP contribution in [0.15, 0.2) is 66.9 Å². The van der Waals surface area contributed by atoms with E-state index in [2.05, 4.69) is 24.9 Å². The van der Waals surface area contributed by atoms with Crippen molar-refractivity contribution in [2.75, 3.05) is 0 Å². The number of rotatable bonds is 3. The van der Waals surface area contributed by atoms with Crippen molar-refractivity contribution >= 4 is 28.7 Å². The monoisotopic (exact) mass is 364 g/mol. The van der Waals surface area contributed by atoms with E-state index in [1.54, 1.807) is 4.90 Å². The van der Waals surface area contributed by atoms with Gasteiger partial charge in [0, 0.05) is 23.4 Å². The highest BCUT2D eigenvalue weighted by atomic mass is 32.1. The molecule has 1 aliphatic rings. The third kappa shape index (κ3) is 3.17. The van der Waals surface area contributed by atoms with E-state index in [0.717, 1.165) is 11.1 Å². The van der Waals surface area contributed by atoms with Crippen LogP contribution in [-0.2, 0) is 0 Å². The van der Waals surface area contributed by atoms with Crippen molar-refractivity contribution in [3.05, 3.63) is 78.0 Å². The molecule has 0 radical (unpaired) electrons. The van der Waals surface area contributed by atoms with Crippen LogP contribution in [-0.4, -0.2) is 32.4 Å². The topological polar surface area (TPSA) is 23.6 Å². The number of carbonyl (C=O) groups excluding carboxylic acids is 1. The minimum Gasteiger partial charge on any atom is -0.352 e. The van der Waals surface area contributed by atoms with Crippen molar-refractivity contribution in [2.24, 2.45) is 0 Å². The molecule has 4 heteroatoms. The van der Waals surface area contributed by atoms with Gasteiger partial charge in [-0.1, -0.05) is 60.7 Å². The van der Waals surface area contributed by atoms with Crippen LogP contribution in [0.25, 0.3) is 5.57 Å². The van der Waals surface area contributed by atoms with Crippen LogP contribution >= 0.6 is 12.2 Å². The summed E-state index contributed by atoms with van der Waals surface area (Å²) in [5.74, 6) is -0.0761. The van der Waals surface area contributed by atoms with E-state index in [4.69, 9.17) is 12.2 Å². The van der Waals surface area contributed by atoms with Gasteiger partial charge in [0.15, 0.2) is 0 Å². The van der Waals surface area contributed by atoms with E-state index in [1.807, 2.05) is 74.5 Å². The van der Waals surface area contributed by atoms with Crippen LogP contribution < -0.4 is 0 Å². The summed E-state index contributed by atoms with van der Waals surface area (Å²) in [7, 11) is 0.